The van der Waals surface area contributed by atoms with Crippen molar-refractivity contribution >= 4 is 23.7 Å². The van der Waals surface area contributed by atoms with Crippen LogP contribution in [0.15, 0.2) is 60.7 Å². The van der Waals surface area contributed by atoms with Gasteiger partial charge in [-0.1, -0.05) is 61.5 Å². The molecule has 136 valence electrons. The lowest BCUT2D eigenvalue weighted by Gasteiger charge is -2.27. The number of hydrogen-bond acceptors (Lipinski definition) is 2. The number of benzene rings is 3. The number of rotatable bonds is 1. The van der Waals surface area contributed by atoms with E-state index in [1.807, 2.05) is 49.4 Å². The van der Waals surface area contributed by atoms with E-state index in [1.165, 1.54) is 12.1 Å². The van der Waals surface area contributed by atoms with Crippen molar-refractivity contribution in [1.82, 2.24) is 0 Å². The molecule has 2 aliphatic carbocycles. The summed E-state index contributed by atoms with van der Waals surface area (Å²) < 4.78 is 13.5. The van der Waals surface area contributed by atoms with E-state index < -0.39 is 5.92 Å². The molecule has 5 rings (SSSR count). The summed E-state index contributed by atoms with van der Waals surface area (Å²) in [6.07, 6.45) is 3.56. The molecule has 2 aliphatic rings. The minimum absolute atomic E-state index is 0.0270. The summed E-state index contributed by atoms with van der Waals surface area (Å²) in [6.45, 7) is 1.87. The minimum Gasteiger partial charge on any atom is -0.298 e. The first-order valence-electron chi connectivity index (χ1n) is 9.34. The zero-order chi connectivity index (χ0) is 19.4. The predicted octanol–water partition coefficient (Wildman–Crippen LogP) is 3.22. The fraction of sp³-hybridized carbons (Fsp3) is 0.120. The second-order valence-electron chi connectivity index (χ2n) is 7.43. The highest BCUT2D eigenvalue weighted by molar-refractivity contribution is 6.19. The van der Waals surface area contributed by atoms with E-state index in [0.29, 0.717) is 11.1 Å². The summed E-state index contributed by atoms with van der Waals surface area (Å²) in [7, 11) is 0. The zero-order valence-corrected chi connectivity index (χ0v) is 15.3. The Morgan fingerprint density at radius 1 is 0.821 bits per heavy atom. The molecular formula is C25H17FO2. The molecular weight excluding hydrogens is 351 g/mol. The molecule has 0 amide bonds. The third-order valence-corrected chi connectivity index (χ3v) is 5.72. The molecule has 3 aromatic carbocycles. The van der Waals surface area contributed by atoms with Crippen LogP contribution in [0.2, 0.25) is 0 Å². The Morgan fingerprint density at radius 3 is 2.36 bits per heavy atom. The molecule has 0 saturated heterocycles. The van der Waals surface area contributed by atoms with E-state index in [2.05, 4.69) is 0 Å². The first-order valence-corrected chi connectivity index (χ1v) is 9.34. The van der Waals surface area contributed by atoms with Gasteiger partial charge in [-0.05, 0) is 50.2 Å². The highest BCUT2D eigenvalue weighted by Crippen LogP contribution is 2.33. The van der Waals surface area contributed by atoms with Gasteiger partial charge >= 0.3 is 0 Å². The van der Waals surface area contributed by atoms with Gasteiger partial charge in [-0.2, -0.15) is 0 Å². The molecule has 0 N–H and O–H groups in total. The SMILES string of the molecule is CC1C=c2ccc3c(c2C(c2ccc(F)cc2)C1=O)C(=O)C=c1ccccc1=3. The van der Waals surface area contributed by atoms with Crippen molar-refractivity contribution in [3.63, 3.8) is 0 Å². The van der Waals surface area contributed by atoms with E-state index in [4.69, 9.17) is 0 Å². The molecule has 2 unspecified atom stereocenters. The molecule has 0 aliphatic heterocycles. The second kappa shape index (κ2) is 6.10. The van der Waals surface area contributed by atoms with Crippen molar-refractivity contribution in [2.75, 3.05) is 0 Å². The molecule has 2 nitrogen and oxygen atoms in total. The largest absolute Gasteiger partial charge is 0.298 e. The number of Topliss-reactive ketones (excluding diaryl/α,β-unsaturated/α-hetero) is 2. The third kappa shape index (κ3) is 2.40. The fourth-order valence-electron chi connectivity index (χ4n) is 4.41. The van der Waals surface area contributed by atoms with Gasteiger partial charge in [-0.3, -0.25) is 9.59 Å². The third-order valence-electron chi connectivity index (χ3n) is 5.72. The van der Waals surface area contributed by atoms with Crippen molar-refractivity contribution in [2.24, 2.45) is 5.92 Å². The lowest BCUT2D eigenvalue weighted by Crippen LogP contribution is -2.34. The van der Waals surface area contributed by atoms with Crippen molar-refractivity contribution in [3.8, 4) is 0 Å². The highest BCUT2D eigenvalue weighted by atomic mass is 19.1. The summed E-state index contributed by atoms with van der Waals surface area (Å²) in [6, 6.07) is 17.7. The quantitative estimate of drug-likeness (QED) is 0.661. The first-order chi connectivity index (χ1) is 13.5. The van der Waals surface area contributed by atoms with E-state index in [1.54, 1.807) is 18.2 Å². The van der Waals surface area contributed by atoms with Crippen LogP contribution in [-0.4, -0.2) is 11.6 Å². The van der Waals surface area contributed by atoms with Crippen LogP contribution in [-0.2, 0) is 4.79 Å². The summed E-state index contributed by atoms with van der Waals surface area (Å²) in [5, 5.41) is 3.63. The zero-order valence-electron chi connectivity index (χ0n) is 15.3. The van der Waals surface area contributed by atoms with Crippen molar-refractivity contribution in [2.45, 2.75) is 12.8 Å². The number of hydrogen-bond donors (Lipinski definition) is 0. The fourth-order valence-corrected chi connectivity index (χ4v) is 4.41. The molecule has 0 bridgehead atoms. The Bertz CT molecular complexity index is 1370. The van der Waals surface area contributed by atoms with Crippen LogP contribution in [0, 0.1) is 22.2 Å². The van der Waals surface area contributed by atoms with Gasteiger partial charge in [0.15, 0.2) is 11.6 Å². The molecule has 3 aromatic rings. The molecule has 0 radical (unpaired) electrons. The lowest BCUT2D eigenvalue weighted by atomic mass is 9.74. The van der Waals surface area contributed by atoms with Gasteiger partial charge in [0.25, 0.3) is 0 Å². The number of carbonyl (C=O) groups is 2. The Labute approximate surface area is 161 Å². The maximum atomic E-state index is 13.5. The van der Waals surface area contributed by atoms with Crippen LogP contribution in [0.25, 0.3) is 12.2 Å². The van der Waals surface area contributed by atoms with E-state index in [-0.39, 0.29) is 23.3 Å². The van der Waals surface area contributed by atoms with E-state index >= 15 is 0 Å². The monoisotopic (exact) mass is 368 g/mol. The van der Waals surface area contributed by atoms with Gasteiger partial charge in [0.1, 0.15) is 5.82 Å². The van der Waals surface area contributed by atoms with Gasteiger partial charge in [0.05, 0.1) is 5.92 Å². The first kappa shape index (κ1) is 16.8. The van der Waals surface area contributed by atoms with Crippen LogP contribution in [0.3, 0.4) is 0 Å². The molecule has 3 heteroatoms. The van der Waals surface area contributed by atoms with Crippen molar-refractivity contribution in [3.05, 3.63) is 104 Å². The summed E-state index contributed by atoms with van der Waals surface area (Å²) in [5.41, 5.74) is 2.04. The number of carbonyl (C=O) groups excluding carboxylic acids is 2. The van der Waals surface area contributed by atoms with Gasteiger partial charge < -0.3 is 0 Å². The van der Waals surface area contributed by atoms with Gasteiger partial charge in [-0.25, -0.2) is 4.39 Å². The maximum absolute atomic E-state index is 13.5. The van der Waals surface area contributed by atoms with E-state index in [0.717, 1.165) is 26.4 Å². The standard InChI is InChI=1S/C25H17FO2/c1-14-12-17-8-11-20-19-5-3-2-4-16(19)13-21(27)24(20)22(17)23(25(14)28)15-6-9-18(26)10-7-15/h2-14,23H,1H3. The Hall–Kier alpha value is -3.33. The maximum Gasteiger partial charge on any atom is 0.187 e. The van der Waals surface area contributed by atoms with Crippen molar-refractivity contribution in [1.29, 1.82) is 0 Å². The molecule has 0 saturated carbocycles. The number of fused-ring (bicyclic) bond motifs is 4. The van der Waals surface area contributed by atoms with Crippen LogP contribution in [0.5, 0.6) is 0 Å². The lowest BCUT2D eigenvalue weighted by molar-refractivity contribution is -0.121. The minimum atomic E-state index is -0.576. The highest BCUT2D eigenvalue weighted by Gasteiger charge is 2.34. The molecule has 2 atom stereocenters. The normalized spacial score (nSPS) is 19.8. The van der Waals surface area contributed by atoms with Gasteiger partial charge in [-0.15, -0.1) is 0 Å². The second-order valence-corrected chi connectivity index (χ2v) is 7.43. The van der Waals surface area contributed by atoms with Gasteiger partial charge in [0.2, 0.25) is 0 Å². The van der Waals surface area contributed by atoms with E-state index in [9.17, 15) is 14.0 Å². The molecule has 28 heavy (non-hydrogen) atoms. The smallest absolute Gasteiger partial charge is 0.187 e. The molecule has 0 fully saturated rings. The summed E-state index contributed by atoms with van der Waals surface area (Å²) in [4.78, 5) is 26.3. The summed E-state index contributed by atoms with van der Waals surface area (Å²) in [5.74, 6) is -1.25. The number of halogens is 1. The predicted molar refractivity (Wildman–Crippen MR) is 105 cm³/mol. The topological polar surface area (TPSA) is 34.1 Å². The van der Waals surface area contributed by atoms with Crippen LogP contribution in [0.1, 0.15) is 34.3 Å². The molecule has 0 heterocycles. The van der Waals surface area contributed by atoms with Crippen LogP contribution in [0.4, 0.5) is 4.39 Å². The molecule has 0 spiro atoms. The van der Waals surface area contributed by atoms with Crippen LogP contribution >= 0.6 is 0 Å². The number of ketones is 2. The van der Waals surface area contributed by atoms with Gasteiger partial charge in [0, 0.05) is 11.5 Å². The Balaban J connectivity index is 1.94. The Morgan fingerprint density at radius 2 is 1.57 bits per heavy atom. The molecule has 0 aromatic heterocycles. The van der Waals surface area contributed by atoms with Crippen molar-refractivity contribution < 1.29 is 14.0 Å². The average molecular weight is 368 g/mol. The van der Waals surface area contributed by atoms with Crippen LogP contribution < -0.4 is 10.4 Å². The summed E-state index contributed by atoms with van der Waals surface area (Å²) >= 11 is 0. The average Bonchev–Trinajstić information content (AvgIpc) is 2.70. The Kier molecular flexibility index (Phi) is 3.66.